The van der Waals surface area contributed by atoms with Crippen LogP contribution in [0.4, 0.5) is 0 Å². The van der Waals surface area contributed by atoms with Crippen LogP contribution in [-0.4, -0.2) is 39.0 Å². The lowest BCUT2D eigenvalue weighted by molar-refractivity contribution is -0.148. The highest BCUT2D eigenvalue weighted by atomic mass is 16.6. The first-order valence-corrected chi connectivity index (χ1v) is 4.51. The first-order valence-electron chi connectivity index (χ1n) is 4.51. The molecular weight excluding hydrogens is 172 g/mol. The maximum Gasteiger partial charge on any atom is 0.308 e. The van der Waals surface area contributed by atoms with Gasteiger partial charge in [-0.05, 0) is 6.42 Å². The van der Waals surface area contributed by atoms with Gasteiger partial charge in [-0.3, -0.25) is 4.79 Å². The standard InChI is InChI=1S/C9H16O4/c1-7(9(10)11-2)5-8-6-12-3-4-13-8/h7-8H,3-6H2,1-2H3. The van der Waals surface area contributed by atoms with Crippen molar-refractivity contribution >= 4 is 5.97 Å². The van der Waals surface area contributed by atoms with Crippen LogP contribution < -0.4 is 0 Å². The summed E-state index contributed by atoms with van der Waals surface area (Å²) < 4.78 is 15.2. The van der Waals surface area contributed by atoms with E-state index < -0.39 is 0 Å². The molecule has 1 rings (SSSR count). The van der Waals surface area contributed by atoms with E-state index in [0.29, 0.717) is 26.2 Å². The van der Waals surface area contributed by atoms with Crippen LogP contribution in [0.25, 0.3) is 0 Å². The maximum absolute atomic E-state index is 11.1. The Morgan fingerprint density at radius 2 is 2.38 bits per heavy atom. The predicted octanol–water partition coefficient (Wildman–Crippen LogP) is 0.601. The summed E-state index contributed by atoms with van der Waals surface area (Å²) in [5.74, 6) is -0.300. The van der Waals surface area contributed by atoms with Crippen molar-refractivity contribution in [3.8, 4) is 0 Å². The van der Waals surface area contributed by atoms with Crippen molar-refractivity contribution in [1.82, 2.24) is 0 Å². The molecule has 0 aromatic rings. The smallest absolute Gasteiger partial charge is 0.308 e. The van der Waals surface area contributed by atoms with E-state index in [4.69, 9.17) is 9.47 Å². The molecule has 76 valence electrons. The van der Waals surface area contributed by atoms with Crippen LogP contribution in [0.5, 0.6) is 0 Å². The first-order chi connectivity index (χ1) is 6.24. The summed E-state index contributed by atoms with van der Waals surface area (Å²) in [7, 11) is 1.40. The molecular formula is C9H16O4. The summed E-state index contributed by atoms with van der Waals surface area (Å²) >= 11 is 0. The van der Waals surface area contributed by atoms with Gasteiger partial charge in [-0.2, -0.15) is 0 Å². The van der Waals surface area contributed by atoms with Crippen molar-refractivity contribution in [2.75, 3.05) is 26.9 Å². The molecule has 0 aliphatic carbocycles. The lowest BCUT2D eigenvalue weighted by Gasteiger charge is -2.24. The minimum atomic E-state index is -0.186. The van der Waals surface area contributed by atoms with Gasteiger partial charge >= 0.3 is 5.97 Å². The summed E-state index contributed by atoms with van der Waals surface area (Å²) in [6.45, 7) is 3.70. The van der Waals surface area contributed by atoms with Gasteiger partial charge in [0.05, 0.1) is 39.0 Å². The molecule has 0 radical (unpaired) electrons. The summed E-state index contributed by atoms with van der Waals surface area (Å²) in [6, 6.07) is 0. The molecule has 0 bridgehead atoms. The molecule has 0 aromatic heterocycles. The van der Waals surface area contributed by atoms with Crippen molar-refractivity contribution in [3.05, 3.63) is 0 Å². The Bertz CT molecular complexity index is 163. The fraction of sp³-hybridized carbons (Fsp3) is 0.889. The average Bonchev–Trinajstić information content (AvgIpc) is 2.18. The molecule has 2 unspecified atom stereocenters. The third kappa shape index (κ3) is 3.32. The maximum atomic E-state index is 11.1. The zero-order valence-electron chi connectivity index (χ0n) is 8.12. The lowest BCUT2D eigenvalue weighted by Crippen LogP contribution is -2.31. The van der Waals surface area contributed by atoms with Gasteiger partial charge in [0, 0.05) is 0 Å². The molecule has 0 N–H and O–H groups in total. The van der Waals surface area contributed by atoms with E-state index in [2.05, 4.69) is 4.74 Å². The third-order valence-corrected chi connectivity index (χ3v) is 2.10. The number of esters is 1. The molecule has 1 fully saturated rings. The fourth-order valence-corrected chi connectivity index (χ4v) is 1.36. The molecule has 2 atom stereocenters. The zero-order chi connectivity index (χ0) is 9.68. The van der Waals surface area contributed by atoms with Gasteiger partial charge < -0.3 is 14.2 Å². The average molecular weight is 188 g/mol. The van der Waals surface area contributed by atoms with Crippen molar-refractivity contribution in [3.63, 3.8) is 0 Å². The summed E-state index contributed by atoms with van der Waals surface area (Å²) in [6.07, 6.45) is 0.718. The minimum Gasteiger partial charge on any atom is -0.469 e. The van der Waals surface area contributed by atoms with Gasteiger partial charge in [0.2, 0.25) is 0 Å². The van der Waals surface area contributed by atoms with Gasteiger partial charge in [-0.25, -0.2) is 0 Å². The van der Waals surface area contributed by atoms with E-state index >= 15 is 0 Å². The second kappa shape index (κ2) is 5.19. The van der Waals surface area contributed by atoms with Crippen LogP contribution >= 0.6 is 0 Å². The van der Waals surface area contributed by atoms with Crippen LogP contribution in [0.15, 0.2) is 0 Å². The number of hydrogen-bond donors (Lipinski definition) is 0. The highest BCUT2D eigenvalue weighted by molar-refractivity contribution is 5.71. The number of methoxy groups -OCH3 is 1. The van der Waals surface area contributed by atoms with Crippen molar-refractivity contribution in [2.45, 2.75) is 19.4 Å². The second-order valence-electron chi connectivity index (χ2n) is 3.23. The second-order valence-corrected chi connectivity index (χ2v) is 3.23. The molecule has 0 amide bonds. The Morgan fingerprint density at radius 3 is 2.92 bits per heavy atom. The number of carbonyl (C=O) groups excluding carboxylic acids is 1. The van der Waals surface area contributed by atoms with Gasteiger partial charge in [0.25, 0.3) is 0 Å². The van der Waals surface area contributed by atoms with E-state index in [9.17, 15) is 4.79 Å². The van der Waals surface area contributed by atoms with Crippen LogP contribution in [-0.2, 0) is 19.0 Å². The van der Waals surface area contributed by atoms with Gasteiger partial charge in [-0.15, -0.1) is 0 Å². The predicted molar refractivity (Wildman–Crippen MR) is 46.4 cm³/mol. The summed E-state index contributed by atoms with van der Waals surface area (Å²) in [5, 5.41) is 0. The molecule has 4 nitrogen and oxygen atoms in total. The van der Waals surface area contributed by atoms with Crippen LogP contribution in [0.3, 0.4) is 0 Å². The monoisotopic (exact) mass is 188 g/mol. The van der Waals surface area contributed by atoms with Gasteiger partial charge in [0.1, 0.15) is 0 Å². The van der Waals surface area contributed by atoms with E-state index in [1.807, 2.05) is 6.92 Å². The van der Waals surface area contributed by atoms with E-state index in [0.717, 1.165) is 0 Å². The van der Waals surface area contributed by atoms with E-state index in [1.165, 1.54) is 7.11 Å². The van der Waals surface area contributed by atoms with Crippen LogP contribution in [0, 0.1) is 5.92 Å². The van der Waals surface area contributed by atoms with Gasteiger partial charge in [-0.1, -0.05) is 6.92 Å². The number of hydrogen-bond acceptors (Lipinski definition) is 4. The molecule has 4 heteroatoms. The number of rotatable bonds is 3. The SMILES string of the molecule is COC(=O)C(C)CC1COCCO1. The molecule has 1 aliphatic heterocycles. The molecule has 0 aromatic carbocycles. The van der Waals surface area contributed by atoms with Crippen LogP contribution in [0.1, 0.15) is 13.3 Å². The molecule has 13 heavy (non-hydrogen) atoms. The molecule has 1 aliphatic rings. The largest absolute Gasteiger partial charge is 0.469 e. The Balaban J connectivity index is 2.25. The molecule has 1 saturated heterocycles. The van der Waals surface area contributed by atoms with Gasteiger partial charge in [0.15, 0.2) is 0 Å². The third-order valence-electron chi connectivity index (χ3n) is 2.10. The highest BCUT2D eigenvalue weighted by Crippen LogP contribution is 2.13. The summed E-state index contributed by atoms with van der Waals surface area (Å²) in [5.41, 5.74) is 0. The van der Waals surface area contributed by atoms with Crippen molar-refractivity contribution < 1.29 is 19.0 Å². The Hall–Kier alpha value is -0.610. The normalized spacial score (nSPS) is 25.2. The Kier molecular flexibility index (Phi) is 4.18. The quantitative estimate of drug-likeness (QED) is 0.608. The Labute approximate surface area is 78.2 Å². The van der Waals surface area contributed by atoms with Crippen molar-refractivity contribution in [2.24, 2.45) is 5.92 Å². The molecule has 0 spiro atoms. The van der Waals surface area contributed by atoms with E-state index in [1.54, 1.807) is 0 Å². The topological polar surface area (TPSA) is 44.8 Å². The number of ether oxygens (including phenoxy) is 3. The molecule has 1 heterocycles. The van der Waals surface area contributed by atoms with Crippen molar-refractivity contribution in [1.29, 1.82) is 0 Å². The highest BCUT2D eigenvalue weighted by Gasteiger charge is 2.21. The number of carbonyl (C=O) groups is 1. The van der Waals surface area contributed by atoms with Crippen LogP contribution in [0.2, 0.25) is 0 Å². The summed E-state index contributed by atoms with van der Waals surface area (Å²) in [4.78, 5) is 11.1. The zero-order valence-corrected chi connectivity index (χ0v) is 8.12. The first kappa shape index (κ1) is 10.5. The minimum absolute atomic E-state index is 0.0443. The Morgan fingerprint density at radius 1 is 1.62 bits per heavy atom. The molecule has 0 saturated carbocycles. The lowest BCUT2D eigenvalue weighted by atomic mass is 10.0. The fourth-order valence-electron chi connectivity index (χ4n) is 1.36. The van der Waals surface area contributed by atoms with E-state index in [-0.39, 0.29) is 18.0 Å².